The van der Waals surface area contributed by atoms with Gasteiger partial charge < -0.3 is 24.4 Å². The predicted octanol–water partition coefficient (Wildman–Crippen LogP) is 2.38. The topological polar surface area (TPSA) is 60.0 Å². The number of aryl methyl sites for hydroxylation is 2. The number of methoxy groups -OCH3 is 2. The number of benzene rings is 1. The number of nitrogens with one attached hydrogen (secondary N) is 1. The van der Waals surface area contributed by atoms with Gasteiger partial charge in [0.1, 0.15) is 5.75 Å². The van der Waals surface area contributed by atoms with Crippen molar-refractivity contribution in [3.05, 3.63) is 29.3 Å². The summed E-state index contributed by atoms with van der Waals surface area (Å²) < 4.78 is 15.9. The maximum atomic E-state index is 12.2. The summed E-state index contributed by atoms with van der Waals surface area (Å²) in [5.74, 6) is 0.936. The number of carbonyl (C=O) groups is 1. The highest BCUT2D eigenvalue weighted by Gasteiger charge is 2.12. The van der Waals surface area contributed by atoms with Crippen LogP contribution in [0.25, 0.3) is 0 Å². The third-order valence-corrected chi connectivity index (χ3v) is 3.67. The Morgan fingerprint density at radius 3 is 2.17 bits per heavy atom. The Morgan fingerprint density at radius 2 is 1.62 bits per heavy atom. The molecule has 0 aliphatic heterocycles. The fourth-order valence-corrected chi connectivity index (χ4v) is 2.30. The van der Waals surface area contributed by atoms with Crippen LogP contribution in [-0.4, -0.2) is 64.6 Å². The Labute approximate surface area is 145 Å². The molecule has 0 heterocycles. The molecule has 0 aliphatic rings. The van der Waals surface area contributed by atoms with Gasteiger partial charge in [-0.05, 0) is 31.4 Å². The minimum atomic E-state index is -0.101. The van der Waals surface area contributed by atoms with Gasteiger partial charge in [0.05, 0.1) is 19.8 Å². The standard InChI is InChI=1S/C18H30N2O4/c1-15-7-5-8-16(2)17(15)24-12-6-9-19-18(21)20(10-13-22-3)11-14-23-4/h5,7-8H,6,9-14H2,1-4H3,(H,19,21). The molecule has 1 rings (SSSR count). The summed E-state index contributed by atoms with van der Waals surface area (Å²) in [5, 5.41) is 2.91. The molecular formula is C18H30N2O4. The first-order valence-electron chi connectivity index (χ1n) is 8.29. The average Bonchev–Trinajstić information content (AvgIpc) is 2.57. The van der Waals surface area contributed by atoms with Gasteiger partial charge in [-0.15, -0.1) is 0 Å². The van der Waals surface area contributed by atoms with E-state index >= 15 is 0 Å². The van der Waals surface area contributed by atoms with Gasteiger partial charge >= 0.3 is 6.03 Å². The monoisotopic (exact) mass is 338 g/mol. The molecule has 1 N–H and O–H groups in total. The molecule has 0 radical (unpaired) electrons. The highest BCUT2D eigenvalue weighted by molar-refractivity contribution is 5.74. The van der Waals surface area contributed by atoms with Gasteiger partial charge in [-0.2, -0.15) is 0 Å². The summed E-state index contributed by atoms with van der Waals surface area (Å²) in [5.41, 5.74) is 2.26. The van der Waals surface area contributed by atoms with E-state index in [2.05, 4.69) is 5.32 Å². The van der Waals surface area contributed by atoms with E-state index in [-0.39, 0.29) is 6.03 Å². The first kappa shape index (κ1) is 20.3. The van der Waals surface area contributed by atoms with Crippen LogP contribution in [0.5, 0.6) is 5.75 Å². The van der Waals surface area contributed by atoms with Crippen molar-refractivity contribution >= 4 is 6.03 Å². The number of hydrogen-bond donors (Lipinski definition) is 1. The largest absolute Gasteiger partial charge is 0.493 e. The van der Waals surface area contributed by atoms with E-state index in [1.54, 1.807) is 19.1 Å². The Kier molecular flexibility index (Phi) is 9.88. The molecule has 0 aromatic heterocycles. The van der Waals surface area contributed by atoms with Crippen molar-refractivity contribution in [3.63, 3.8) is 0 Å². The van der Waals surface area contributed by atoms with Crippen LogP contribution in [0.3, 0.4) is 0 Å². The first-order chi connectivity index (χ1) is 11.6. The van der Waals surface area contributed by atoms with Gasteiger partial charge in [-0.3, -0.25) is 0 Å². The molecule has 0 bridgehead atoms. The van der Waals surface area contributed by atoms with Crippen molar-refractivity contribution in [2.45, 2.75) is 20.3 Å². The minimum Gasteiger partial charge on any atom is -0.493 e. The van der Waals surface area contributed by atoms with Crippen molar-refractivity contribution in [1.82, 2.24) is 10.2 Å². The van der Waals surface area contributed by atoms with Gasteiger partial charge in [0, 0.05) is 33.9 Å². The molecule has 0 unspecified atom stereocenters. The molecule has 0 atom stereocenters. The maximum absolute atomic E-state index is 12.2. The molecular weight excluding hydrogens is 308 g/mol. The lowest BCUT2D eigenvalue weighted by atomic mass is 10.1. The van der Waals surface area contributed by atoms with Gasteiger partial charge in [-0.25, -0.2) is 4.79 Å². The summed E-state index contributed by atoms with van der Waals surface area (Å²) in [6, 6.07) is 5.99. The van der Waals surface area contributed by atoms with Crippen LogP contribution in [0, 0.1) is 13.8 Å². The van der Waals surface area contributed by atoms with Gasteiger partial charge in [0.15, 0.2) is 0 Å². The summed E-state index contributed by atoms with van der Waals surface area (Å²) in [6.45, 7) is 7.32. The number of rotatable bonds is 11. The fraction of sp³-hybridized carbons (Fsp3) is 0.611. The molecule has 136 valence electrons. The first-order valence-corrected chi connectivity index (χ1v) is 8.29. The Morgan fingerprint density at radius 1 is 1.04 bits per heavy atom. The molecule has 2 amide bonds. The van der Waals surface area contributed by atoms with Crippen LogP contribution in [0.4, 0.5) is 4.79 Å². The van der Waals surface area contributed by atoms with E-state index in [1.807, 2.05) is 32.0 Å². The lowest BCUT2D eigenvalue weighted by molar-refractivity contribution is 0.122. The molecule has 0 spiro atoms. The SMILES string of the molecule is COCCN(CCOC)C(=O)NCCCOc1c(C)cccc1C. The summed E-state index contributed by atoms with van der Waals surface area (Å²) in [7, 11) is 3.24. The quantitative estimate of drug-likeness (QED) is 0.629. The number of para-hydroxylation sites is 1. The van der Waals surface area contributed by atoms with E-state index in [0.717, 1.165) is 23.3 Å². The lowest BCUT2D eigenvalue weighted by Gasteiger charge is -2.22. The van der Waals surface area contributed by atoms with Gasteiger partial charge in [-0.1, -0.05) is 18.2 Å². The van der Waals surface area contributed by atoms with Gasteiger partial charge in [0.2, 0.25) is 0 Å². The third kappa shape index (κ3) is 7.19. The van der Waals surface area contributed by atoms with Crippen LogP contribution in [0.15, 0.2) is 18.2 Å². The van der Waals surface area contributed by atoms with E-state index in [9.17, 15) is 4.79 Å². The second kappa shape index (κ2) is 11.7. The minimum absolute atomic E-state index is 0.101. The number of ether oxygens (including phenoxy) is 3. The van der Waals surface area contributed by atoms with Crippen LogP contribution >= 0.6 is 0 Å². The Hall–Kier alpha value is -1.79. The zero-order valence-electron chi connectivity index (χ0n) is 15.3. The van der Waals surface area contributed by atoms with Gasteiger partial charge in [0.25, 0.3) is 0 Å². The van der Waals surface area contributed by atoms with E-state index in [4.69, 9.17) is 14.2 Å². The number of hydrogen-bond acceptors (Lipinski definition) is 4. The summed E-state index contributed by atoms with van der Waals surface area (Å²) in [6.07, 6.45) is 0.752. The molecule has 1 aromatic rings. The zero-order chi connectivity index (χ0) is 17.8. The highest BCUT2D eigenvalue weighted by atomic mass is 16.5. The maximum Gasteiger partial charge on any atom is 0.317 e. The molecule has 6 heteroatoms. The number of nitrogens with zero attached hydrogens (tertiary/aromatic N) is 1. The zero-order valence-corrected chi connectivity index (χ0v) is 15.3. The highest BCUT2D eigenvalue weighted by Crippen LogP contribution is 2.22. The van der Waals surface area contributed by atoms with Crippen LogP contribution in [-0.2, 0) is 9.47 Å². The van der Waals surface area contributed by atoms with Crippen molar-refractivity contribution in [3.8, 4) is 5.75 Å². The molecule has 0 saturated carbocycles. The van der Waals surface area contributed by atoms with Crippen LogP contribution in [0.2, 0.25) is 0 Å². The van der Waals surface area contributed by atoms with E-state index < -0.39 is 0 Å². The van der Waals surface area contributed by atoms with E-state index in [1.165, 1.54) is 0 Å². The Bertz CT molecular complexity index is 466. The van der Waals surface area contributed by atoms with Crippen molar-refractivity contribution in [2.24, 2.45) is 0 Å². The van der Waals surface area contributed by atoms with Crippen LogP contribution < -0.4 is 10.1 Å². The molecule has 6 nitrogen and oxygen atoms in total. The summed E-state index contributed by atoms with van der Waals surface area (Å²) >= 11 is 0. The smallest absolute Gasteiger partial charge is 0.317 e. The molecule has 24 heavy (non-hydrogen) atoms. The number of amides is 2. The normalized spacial score (nSPS) is 10.5. The molecule has 0 aliphatic carbocycles. The van der Waals surface area contributed by atoms with Crippen molar-refractivity contribution in [2.75, 3.05) is 53.7 Å². The second-order valence-electron chi connectivity index (χ2n) is 5.63. The Balaban J connectivity index is 2.30. The van der Waals surface area contributed by atoms with Crippen LogP contribution in [0.1, 0.15) is 17.5 Å². The predicted molar refractivity (Wildman–Crippen MR) is 94.8 cm³/mol. The third-order valence-electron chi connectivity index (χ3n) is 3.67. The second-order valence-corrected chi connectivity index (χ2v) is 5.63. The molecule has 1 aromatic carbocycles. The molecule has 0 fully saturated rings. The van der Waals surface area contributed by atoms with E-state index in [0.29, 0.717) is 39.5 Å². The molecule has 0 saturated heterocycles. The fourth-order valence-electron chi connectivity index (χ4n) is 2.30. The number of urea groups is 1. The van der Waals surface area contributed by atoms with Crippen molar-refractivity contribution in [1.29, 1.82) is 0 Å². The summed E-state index contributed by atoms with van der Waals surface area (Å²) in [4.78, 5) is 13.9. The number of carbonyl (C=O) groups excluding carboxylic acids is 1. The van der Waals surface area contributed by atoms with Crippen molar-refractivity contribution < 1.29 is 19.0 Å². The average molecular weight is 338 g/mol. The lowest BCUT2D eigenvalue weighted by Crippen LogP contribution is -2.43.